The summed E-state index contributed by atoms with van der Waals surface area (Å²) < 4.78 is 0.861. The van der Waals surface area contributed by atoms with Crippen molar-refractivity contribution in [2.75, 3.05) is 45.8 Å². The van der Waals surface area contributed by atoms with Crippen LogP contribution < -0.4 is 5.32 Å². The number of hydroxylamine groups is 2. The first-order valence-corrected chi connectivity index (χ1v) is 20.8. The molecular weight excluding hydrogens is 961 g/mol. The summed E-state index contributed by atoms with van der Waals surface area (Å²) >= 11 is 2.07. The van der Waals surface area contributed by atoms with Gasteiger partial charge < -0.3 is 45.3 Å². The Balaban J connectivity index is 1.72. The highest BCUT2D eigenvalue weighted by Gasteiger charge is 2.34. The number of benzene rings is 2. The smallest absolute Gasteiger partial charge is 0.363 e. The minimum atomic E-state index is -1.41. The van der Waals surface area contributed by atoms with Crippen LogP contribution in [0, 0.1) is 9.49 Å². The second-order valence-corrected chi connectivity index (χ2v) is 15.6. The molecule has 2 aromatic rings. The van der Waals surface area contributed by atoms with Crippen molar-refractivity contribution in [3.8, 4) is 0 Å². The van der Waals surface area contributed by atoms with Crippen molar-refractivity contribution < 1.29 is 82.8 Å². The third kappa shape index (κ3) is 17.2. The van der Waals surface area contributed by atoms with Crippen LogP contribution in [0.25, 0.3) is 0 Å². The summed E-state index contributed by atoms with van der Waals surface area (Å²) in [5.41, 5.74) is -0.131. The van der Waals surface area contributed by atoms with Gasteiger partial charge in [-0.25, -0.2) is 4.79 Å². The quantitative estimate of drug-likeness (QED) is 0.0478. The molecule has 0 radical (unpaired) electrons. The molecule has 23 heteroatoms. The number of imide groups is 1. The van der Waals surface area contributed by atoms with Crippen LogP contribution in [-0.4, -0.2) is 157 Å². The van der Waals surface area contributed by atoms with Gasteiger partial charge in [0.05, 0.1) is 43.8 Å². The Morgan fingerprint density at radius 1 is 0.672 bits per heavy atom. The fourth-order valence-corrected chi connectivity index (χ4v) is 6.67. The molecule has 22 nitrogen and oxygen atoms in total. The van der Waals surface area contributed by atoms with Crippen LogP contribution in [0.2, 0.25) is 0 Å². The molecular formula is C41H46IN5O17. The first kappa shape index (κ1) is 51.6. The molecule has 0 saturated carbocycles. The van der Waals surface area contributed by atoms with Gasteiger partial charge in [0, 0.05) is 60.1 Å². The monoisotopic (exact) mass is 1010 g/mol. The van der Waals surface area contributed by atoms with Crippen LogP contribution in [0.3, 0.4) is 0 Å². The molecule has 64 heavy (non-hydrogen) atoms. The molecule has 1 aliphatic heterocycles. The number of aliphatic carboxylic acids is 4. The Bertz CT molecular complexity index is 2130. The van der Waals surface area contributed by atoms with Crippen LogP contribution in [0.4, 0.5) is 0 Å². The number of halogens is 1. The summed E-state index contributed by atoms with van der Waals surface area (Å²) in [5, 5.41) is 40.9. The largest absolute Gasteiger partial charge is 0.481 e. The van der Waals surface area contributed by atoms with Crippen LogP contribution in [0.5, 0.6) is 0 Å². The highest BCUT2D eigenvalue weighted by molar-refractivity contribution is 14.1. The average Bonchev–Trinajstić information content (AvgIpc) is 3.55. The molecule has 1 saturated heterocycles. The maximum atomic E-state index is 13.7. The predicted octanol–water partition coefficient (Wildman–Crippen LogP) is 1.30. The van der Waals surface area contributed by atoms with Gasteiger partial charge in [0.15, 0.2) is 5.78 Å². The maximum Gasteiger partial charge on any atom is 0.363 e. The van der Waals surface area contributed by atoms with Crippen molar-refractivity contribution in [3.05, 3.63) is 68.8 Å². The van der Waals surface area contributed by atoms with E-state index in [2.05, 4.69) is 27.9 Å². The lowest BCUT2D eigenvalue weighted by Crippen LogP contribution is -2.49. The molecule has 6 amide bonds. The number of unbranched alkanes of at least 4 members (excludes halogenated alkanes) is 1. The second kappa shape index (κ2) is 25.4. The summed E-state index contributed by atoms with van der Waals surface area (Å²) in [6.07, 6.45) is -2.32. The van der Waals surface area contributed by atoms with E-state index in [0.717, 1.165) is 19.4 Å². The van der Waals surface area contributed by atoms with Crippen LogP contribution >= 0.6 is 22.6 Å². The first-order chi connectivity index (χ1) is 30.2. The molecule has 2 aromatic carbocycles. The Labute approximate surface area is 378 Å². The Hall–Kier alpha value is -6.79. The summed E-state index contributed by atoms with van der Waals surface area (Å²) in [6, 6.07) is 11.5. The van der Waals surface area contributed by atoms with E-state index >= 15 is 0 Å². The van der Waals surface area contributed by atoms with Crippen LogP contribution in [0.1, 0.15) is 88.9 Å². The zero-order valence-corrected chi connectivity index (χ0v) is 36.4. The SMILES string of the molecule is O=C(O)CCN(CC(=O)C[C@H](CCCCNC(=O)c1cccc(I)c1)C(=O)O)C(=O)CN(CCC(=O)O)C(=O)CN(CCC(=O)O)C(=O)c1cccc(C(=O)ON2C(=O)CCC2=O)c1. The standard InChI is InChI=1S/C41H46IN5O17/c42-29-9-4-6-25(20-29)38(59)43-15-2-1-5-27(40(61)62)21-30(48)22-44(16-12-35(53)54)33(51)23-45(17-13-36(55)56)34(52)24-46(18-14-37(57)58)39(60)26-7-3-8-28(19-26)41(63)64-47-31(49)10-11-32(47)50/h3-4,6-9,19-20,27H,1-2,5,10-18,21-24H2,(H,43,59)(H,53,54)(H,55,56)(H,57,58)(H,61,62)/t27-/m0/s1. The van der Waals surface area contributed by atoms with Gasteiger partial charge in [0.25, 0.3) is 23.6 Å². The van der Waals surface area contributed by atoms with Gasteiger partial charge in [0.1, 0.15) is 6.54 Å². The molecule has 5 N–H and O–H groups in total. The zero-order valence-electron chi connectivity index (χ0n) is 34.3. The first-order valence-electron chi connectivity index (χ1n) is 19.7. The number of hydrogen-bond acceptors (Lipinski definition) is 13. The van der Waals surface area contributed by atoms with Crippen LogP contribution in [-0.2, 0) is 48.0 Å². The van der Waals surface area contributed by atoms with Gasteiger partial charge in [-0.15, -0.1) is 5.06 Å². The number of nitrogens with one attached hydrogen (secondary N) is 1. The summed E-state index contributed by atoms with van der Waals surface area (Å²) in [4.78, 5) is 157. The van der Waals surface area contributed by atoms with E-state index < -0.39 is 136 Å². The number of carboxylic acid groups (broad SMARTS) is 4. The van der Waals surface area contributed by atoms with Gasteiger partial charge >= 0.3 is 29.8 Å². The fraction of sp³-hybridized carbons (Fsp3) is 0.415. The van der Waals surface area contributed by atoms with Crippen molar-refractivity contribution >= 4 is 93.7 Å². The number of amides is 6. The van der Waals surface area contributed by atoms with E-state index in [1.165, 1.54) is 18.2 Å². The topological polar surface area (TPSA) is 320 Å². The Morgan fingerprint density at radius 3 is 1.75 bits per heavy atom. The number of carbonyl (C=O) groups excluding carboxylic acids is 8. The van der Waals surface area contributed by atoms with Crippen molar-refractivity contribution in [1.82, 2.24) is 25.1 Å². The predicted molar refractivity (Wildman–Crippen MR) is 225 cm³/mol. The van der Waals surface area contributed by atoms with E-state index in [0.29, 0.717) is 23.3 Å². The lowest BCUT2D eigenvalue weighted by molar-refractivity contribution is -0.172. The average molecular weight is 1010 g/mol. The molecule has 1 atom stereocenters. The highest BCUT2D eigenvalue weighted by Crippen LogP contribution is 2.18. The molecule has 1 fully saturated rings. The van der Waals surface area contributed by atoms with Crippen molar-refractivity contribution in [2.24, 2.45) is 5.92 Å². The normalized spacial score (nSPS) is 12.5. The van der Waals surface area contributed by atoms with Gasteiger partial charge in [-0.05, 0) is 71.8 Å². The van der Waals surface area contributed by atoms with Crippen LogP contribution in [0.15, 0.2) is 48.5 Å². The molecule has 0 unspecified atom stereocenters. The van der Waals surface area contributed by atoms with E-state index in [1.807, 2.05) is 6.07 Å². The zero-order chi connectivity index (χ0) is 47.5. The lowest BCUT2D eigenvalue weighted by Gasteiger charge is -2.29. The van der Waals surface area contributed by atoms with E-state index in [9.17, 15) is 78.0 Å². The summed E-state index contributed by atoms with van der Waals surface area (Å²) in [5.74, 6) is -13.6. The minimum absolute atomic E-state index is 0.0207. The number of rotatable bonds is 27. The van der Waals surface area contributed by atoms with Gasteiger partial charge in [0.2, 0.25) is 11.8 Å². The molecule has 0 bridgehead atoms. The minimum Gasteiger partial charge on any atom is -0.481 e. The number of carboxylic acids is 4. The Morgan fingerprint density at radius 2 is 1.19 bits per heavy atom. The molecule has 344 valence electrons. The van der Waals surface area contributed by atoms with Crippen molar-refractivity contribution in [1.29, 1.82) is 0 Å². The van der Waals surface area contributed by atoms with Gasteiger partial charge in [-0.2, -0.15) is 0 Å². The molecule has 3 rings (SSSR count). The molecule has 0 spiro atoms. The second-order valence-electron chi connectivity index (χ2n) is 14.4. The number of carbonyl (C=O) groups is 12. The van der Waals surface area contributed by atoms with E-state index in [-0.39, 0.29) is 47.9 Å². The summed E-state index contributed by atoms with van der Waals surface area (Å²) in [7, 11) is 0. The third-order valence-electron chi connectivity index (χ3n) is 9.50. The third-order valence-corrected chi connectivity index (χ3v) is 10.2. The highest BCUT2D eigenvalue weighted by atomic mass is 127. The maximum absolute atomic E-state index is 13.7. The number of nitrogens with zero attached hydrogens (tertiary/aromatic N) is 4. The number of Topliss-reactive ketones (excluding diaryl/α,β-unsaturated/α-hetero) is 1. The lowest BCUT2D eigenvalue weighted by atomic mass is 9.96. The molecule has 0 aromatic heterocycles. The number of ketones is 1. The summed E-state index contributed by atoms with van der Waals surface area (Å²) in [6.45, 7) is -4.23. The molecule has 0 aliphatic carbocycles. The van der Waals surface area contributed by atoms with Crippen molar-refractivity contribution in [2.45, 2.75) is 57.8 Å². The van der Waals surface area contributed by atoms with E-state index in [4.69, 9.17) is 4.84 Å². The van der Waals surface area contributed by atoms with Crippen molar-refractivity contribution in [3.63, 3.8) is 0 Å². The molecule has 1 aliphatic rings. The number of hydrogen-bond donors (Lipinski definition) is 5. The van der Waals surface area contributed by atoms with Gasteiger partial charge in [-0.3, -0.25) is 52.7 Å². The Kier molecular flexibility index (Phi) is 20.4. The van der Waals surface area contributed by atoms with Gasteiger partial charge in [-0.1, -0.05) is 18.6 Å². The molecule has 1 heterocycles. The fourth-order valence-electron chi connectivity index (χ4n) is 6.12. The van der Waals surface area contributed by atoms with E-state index in [1.54, 1.807) is 18.2 Å².